The second-order valence-corrected chi connectivity index (χ2v) is 18.9. The first kappa shape index (κ1) is 52.6. The van der Waals surface area contributed by atoms with Crippen LogP contribution in [0.15, 0.2) is 152 Å². The minimum Gasteiger partial charge on any atom is -0.459 e. The highest BCUT2D eigenvalue weighted by Crippen LogP contribution is 2.44. The summed E-state index contributed by atoms with van der Waals surface area (Å²) < 4.78 is 89.8. The number of carbonyl (C=O) groups excluding carboxylic acids is 4. The molecule has 18 nitrogen and oxygen atoms in total. The molecule has 76 heavy (non-hydrogen) atoms. The normalized spacial score (nSPS) is 31.4. The summed E-state index contributed by atoms with van der Waals surface area (Å²) in [5, 5.41) is 0. The van der Waals surface area contributed by atoms with Gasteiger partial charge in [-0.1, -0.05) is 109 Å². The van der Waals surface area contributed by atoms with Crippen LogP contribution in [0.1, 0.15) is 74.1 Å². The van der Waals surface area contributed by atoms with Crippen LogP contribution in [-0.2, 0) is 66.3 Å². The zero-order valence-corrected chi connectivity index (χ0v) is 41.6. The Bertz CT molecular complexity index is 2800. The highest BCUT2D eigenvalue weighted by molar-refractivity contribution is 5.91. The van der Waals surface area contributed by atoms with Crippen LogP contribution >= 0.6 is 0 Å². The maximum Gasteiger partial charge on any atom is 0.338 e. The van der Waals surface area contributed by atoms with Gasteiger partial charge in [-0.25, -0.2) is 19.2 Å². The van der Waals surface area contributed by atoms with Crippen LogP contribution in [0.25, 0.3) is 0 Å². The van der Waals surface area contributed by atoms with Crippen LogP contribution in [0.3, 0.4) is 0 Å². The number of carbonyl (C=O) groups is 4. The third kappa shape index (κ3) is 11.9. The van der Waals surface area contributed by atoms with Crippen molar-refractivity contribution in [3.05, 3.63) is 179 Å². The molecule has 0 radical (unpaired) electrons. The molecule has 0 amide bonds. The Labute approximate surface area is 438 Å². The van der Waals surface area contributed by atoms with E-state index in [0.717, 1.165) is 5.56 Å². The molecule has 10 rings (SSSR count). The number of terminal acetylenes is 1. The van der Waals surface area contributed by atoms with Gasteiger partial charge in [0.1, 0.15) is 49.8 Å². The summed E-state index contributed by atoms with van der Waals surface area (Å²) in [5.74, 6) is -1.70. The van der Waals surface area contributed by atoms with Gasteiger partial charge >= 0.3 is 23.9 Å². The van der Waals surface area contributed by atoms with Gasteiger partial charge in [0, 0.05) is 5.56 Å². The van der Waals surface area contributed by atoms with Crippen LogP contribution in [0.4, 0.5) is 0 Å². The van der Waals surface area contributed by atoms with Crippen molar-refractivity contribution < 1.29 is 85.5 Å². The Morgan fingerprint density at radius 2 is 1.04 bits per heavy atom. The maximum atomic E-state index is 14.0. The lowest BCUT2D eigenvalue weighted by Gasteiger charge is -2.50. The fraction of sp³-hybridized carbons (Fsp3) is 0.379. The molecule has 18 heteroatoms. The van der Waals surface area contributed by atoms with E-state index in [9.17, 15) is 19.2 Å². The molecule has 5 fully saturated rings. The molecule has 5 aromatic carbocycles. The van der Waals surface area contributed by atoms with E-state index in [4.69, 9.17) is 72.7 Å². The second kappa shape index (κ2) is 23.6. The van der Waals surface area contributed by atoms with Crippen molar-refractivity contribution in [3.63, 3.8) is 0 Å². The molecule has 0 N–H and O–H groups in total. The van der Waals surface area contributed by atoms with Crippen LogP contribution in [0.2, 0.25) is 0 Å². The first-order valence-electron chi connectivity index (χ1n) is 24.9. The first-order chi connectivity index (χ1) is 36.9. The summed E-state index contributed by atoms with van der Waals surface area (Å²) in [6.45, 7) is 4.49. The maximum absolute atomic E-state index is 14.0. The quantitative estimate of drug-likeness (QED) is 0.0570. The molecule has 5 aromatic rings. The Morgan fingerprint density at radius 1 is 0.539 bits per heavy atom. The van der Waals surface area contributed by atoms with Crippen molar-refractivity contribution >= 4 is 23.9 Å². The predicted octanol–water partition coefficient (Wildman–Crippen LogP) is 6.77. The number of esters is 4. The molecule has 396 valence electrons. The van der Waals surface area contributed by atoms with Gasteiger partial charge in [0.05, 0.1) is 35.0 Å². The number of rotatable bonds is 16. The molecule has 5 heterocycles. The van der Waals surface area contributed by atoms with Crippen molar-refractivity contribution in [2.24, 2.45) is 0 Å². The predicted molar refractivity (Wildman–Crippen MR) is 264 cm³/mol. The minimum absolute atomic E-state index is 0.0333. The Balaban J connectivity index is 0.955. The third-order valence-electron chi connectivity index (χ3n) is 13.2. The zero-order valence-electron chi connectivity index (χ0n) is 41.6. The average Bonchev–Trinajstić information content (AvgIpc) is 3.97. The van der Waals surface area contributed by atoms with E-state index in [2.05, 4.69) is 5.92 Å². The van der Waals surface area contributed by atoms with Crippen LogP contribution < -0.4 is 0 Å². The first-order valence-corrected chi connectivity index (χ1v) is 24.9. The zero-order chi connectivity index (χ0) is 52.8. The molecule has 0 bridgehead atoms. The summed E-state index contributed by atoms with van der Waals surface area (Å²) in [6.07, 6.45) is -11.7. The topological polar surface area (TPSA) is 197 Å². The van der Waals surface area contributed by atoms with Gasteiger partial charge in [-0.15, -0.1) is 6.42 Å². The molecular formula is C58H56O18. The lowest BCUT2D eigenvalue weighted by molar-refractivity contribution is -0.389. The van der Waals surface area contributed by atoms with Gasteiger partial charge in [0.2, 0.25) is 0 Å². The summed E-state index contributed by atoms with van der Waals surface area (Å²) in [4.78, 5) is 55.2. The van der Waals surface area contributed by atoms with Crippen molar-refractivity contribution in [2.45, 2.75) is 119 Å². The number of hydrogen-bond donors (Lipinski definition) is 0. The minimum atomic E-state index is -1.50. The van der Waals surface area contributed by atoms with Gasteiger partial charge in [-0.2, -0.15) is 0 Å². The summed E-state index contributed by atoms with van der Waals surface area (Å²) in [6, 6.07) is 42.5. The number of benzene rings is 5. The van der Waals surface area contributed by atoms with Gasteiger partial charge in [-0.3, -0.25) is 0 Å². The lowest BCUT2D eigenvalue weighted by atomic mass is 9.96. The van der Waals surface area contributed by atoms with Gasteiger partial charge < -0.3 is 66.3 Å². The van der Waals surface area contributed by atoms with Crippen molar-refractivity contribution in [1.29, 1.82) is 0 Å². The molecule has 5 aliphatic heterocycles. The Kier molecular flexibility index (Phi) is 16.3. The smallest absolute Gasteiger partial charge is 0.338 e. The van der Waals surface area contributed by atoms with Crippen LogP contribution in [-0.4, -0.2) is 135 Å². The molecule has 0 aromatic heterocycles. The summed E-state index contributed by atoms with van der Waals surface area (Å²) in [5.41, 5.74) is 1.64. The van der Waals surface area contributed by atoms with Gasteiger partial charge in [0.15, 0.2) is 55.4 Å². The van der Waals surface area contributed by atoms with Crippen LogP contribution in [0, 0.1) is 12.3 Å². The molecule has 0 saturated carbocycles. The van der Waals surface area contributed by atoms with E-state index < -0.39 is 129 Å². The fourth-order valence-corrected chi connectivity index (χ4v) is 9.71. The van der Waals surface area contributed by atoms with E-state index in [1.165, 1.54) is 0 Å². The molecular weight excluding hydrogens is 985 g/mol. The summed E-state index contributed by atoms with van der Waals surface area (Å²) in [7, 11) is 0. The van der Waals surface area contributed by atoms with Crippen LogP contribution in [0.5, 0.6) is 0 Å². The number of ether oxygens (including phenoxy) is 14. The number of fused-ring (bicyclic) bond motifs is 2. The van der Waals surface area contributed by atoms with Crippen molar-refractivity contribution in [2.75, 3.05) is 19.8 Å². The van der Waals surface area contributed by atoms with E-state index in [-0.39, 0.29) is 35.5 Å². The Hall–Kier alpha value is -6.86. The molecule has 15 atom stereocenters. The molecule has 5 aliphatic rings. The van der Waals surface area contributed by atoms with Gasteiger partial charge in [0.25, 0.3) is 0 Å². The monoisotopic (exact) mass is 1040 g/mol. The largest absolute Gasteiger partial charge is 0.459 e. The Morgan fingerprint density at radius 3 is 1.61 bits per heavy atom. The van der Waals surface area contributed by atoms with Crippen molar-refractivity contribution in [1.82, 2.24) is 0 Å². The molecule has 0 spiro atoms. The molecule has 5 saturated heterocycles. The average molecular weight is 1040 g/mol. The highest BCUT2D eigenvalue weighted by atomic mass is 16.8. The fourth-order valence-electron chi connectivity index (χ4n) is 9.71. The molecule has 0 aliphatic carbocycles. The molecule has 1 unspecified atom stereocenters. The van der Waals surface area contributed by atoms with E-state index in [1.807, 2.05) is 30.3 Å². The highest BCUT2D eigenvalue weighted by Gasteiger charge is 2.61. The standard InChI is InChI=1S/C58H56O18/c1-5-31-63-55-48(45(70-52(61)37-25-15-8-16-26-37)43-41(67-55)33-65-54(73-43)39-29-19-10-20-30-39)74-57-49-46(75-58(3,4)76-49)42(34(2)66-57)72-56-47(71-53(62)38-27-17-9-18-28-38)44(69-51(60)36-23-13-7-14-24-36)40(68-56)32-64-50(59)35-21-11-6-12-22-35/h1,6-30,34,40-49,54-57H,31-33H2,2-4H3/t34-,40-,41+,42-,43+,44-,45-,46+,47+,48+,49+,54?,55+,56-,57-/m0/s1. The van der Waals surface area contributed by atoms with E-state index in [0.29, 0.717) is 0 Å². The van der Waals surface area contributed by atoms with E-state index in [1.54, 1.807) is 142 Å². The SMILES string of the molecule is C#CCO[C@@H]1O[C@@H]2COC(c3ccccc3)O[C@H]2[C@H](OC(=O)c2ccccc2)[C@H]1O[C@@H]1O[C@@H](C)[C@H](O[C@@H]2O[C@@H](COC(=O)c3ccccc3)[C@H](OC(=O)c3ccccc3)[C@H]2OC(=O)c2ccccc2)[C@H]2OC(C)(C)O[C@@H]12. The van der Waals surface area contributed by atoms with E-state index >= 15 is 0 Å². The van der Waals surface area contributed by atoms with Crippen molar-refractivity contribution in [3.8, 4) is 12.3 Å². The van der Waals surface area contributed by atoms with Gasteiger partial charge in [-0.05, 0) is 69.3 Å². The lowest BCUT2D eigenvalue weighted by Crippen LogP contribution is -2.66. The third-order valence-corrected chi connectivity index (χ3v) is 13.2. The second-order valence-electron chi connectivity index (χ2n) is 18.9. The summed E-state index contributed by atoms with van der Waals surface area (Å²) >= 11 is 0. The number of hydrogen-bond acceptors (Lipinski definition) is 18.